The third-order valence-electron chi connectivity index (χ3n) is 3.25. The first kappa shape index (κ1) is 9.57. The van der Waals surface area contributed by atoms with Gasteiger partial charge in [-0.2, -0.15) is 0 Å². The molecule has 0 unspecified atom stereocenters. The van der Waals surface area contributed by atoms with Crippen LogP contribution in [0.2, 0.25) is 0 Å². The summed E-state index contributed by atoms with van der Waals surface area (Å²) in [5, 5.41) is 0. The molecule has 0 atom stereocenters. The highest BCUT2D eigenvalue weighted by Gasteiger charge is 2.30. The molecule has 0 heteroatoms. The van der Waals surface area contributed by atoms with Crippen LogP contribution in [0.3, 0.4) is 0 Å². The molecule has 12 heavy (non-hydrogen) atoms. The molecule has 0 fully saturated rings. The van der Waals surface area contributed by atoms with Crippen LogP contribution in [-0.2, 0) is 0 Å². The van der Waals surface area contributed by atoms with Crippen molar-refractivity contribution in [3.05, 3.63) is 22.3 Å². The van der Waals surface area contributed by atoms with Gasteiger partial charge in [-0.1, -0.05) is 25.0 Å². The van der Waals surface area contributed by atoms with E-state index >= 15 is 0 Å². The lowest BCUT2D eigenvalue weighted by Crippen LogP contribution is -2.07. The zero-order valence-electron chi connectivity index (χ0n) is 9.21. The van der Waals surface area contributed by atoms with Crippen LogP contribution in [0.25, 0.3) is 0 Å². The van der Waals surface area contributed by atoms with Crippen LogP contribution >= 0.6 is 0 Å². The van der Waals surface area contributed by atoms with Gasteiger partial charge in [0.2, 0.25) is 0 Å². The molecule has 0 aromatic carbocycles. The van der Waals surface area contributed by atoms with Gasteiger partial charge in [0.25, 0.3) is 0 Å². The van der Waals surface area contributed by atoms with E-state index in [0.29, 0.717) is 5.41 Å². The van der Waals surface area contributed by atoms with Crippen molar-refractivity contribution < 1.29 is 0 Å². The standard InChI is InChI=1S/C12H20/c1-8(2)11-7-12(5,6)10(4)9(11)3/h7H2,1-6H3. The monoisotopic (exact) mass is 164 g/mol. The molecule has 0 nitrogen and oxygen atoms in total. The highest BCUT2D eigenvalue weighted by Crippen LogP contribution is 2.45. The molecule has 0 spiro atoms. The Morgan fingerprint density at radius 1 is 1.17 bits per heavy atom. The fourth-order valence-electron chi connectivity index (χ4n) is 1.99. The van der Waals surface area contributed by atoms with Gasteiger partial charge in [0.05, 0.1) is 0 Å². The predicted molar refractivity (Wildman–Crippen MR) is 55.1 cm³/mol. The molecule has 0 N–H and O–H groups in total. The van der Waals surface area contributed by atoms with E-state index in [1.54, 1.807) is 11.1 Å². The van der Waals surface area contributed by atoms with Crippen LogP contribution in [0, 0.1) is 5.41 Å². The second kappa shape index (κ2) is 2.76. The highest BCUT2D eigenvalue weighted by molar-refractivity contribution is 5.45. The van der Waals surface area contributed by atoms with Gasteiger partial charge in [0, 0.05) is 0 Å². The zero-order valence-corrected chi connectivity index (χ0v) is 9.21. The first-order valence-corrected chi connectivity index (χ1v) is 4.71. The first-order chi connectivity index (χ1) is 5.36. The Morgan fingerprint density at radius 2 is 1.67 bits per heavy atom. The molecule has 0 bridgehead atoms. The van der Waals surface area contributed by atoms with Gasteiger partial charge in [0.15, 0.2) is 0 Å². The van der Waals surface area contributed by atoms with Gasteiger partial charge >= 0.3 is 0 Å². The van der Waals surface area contributed by atoms with E-state index in [-0.39, 0.29) is 0 Å². The number of hydrogen-bond acceptors (Lipinski definition) is 0. The average molecular weight is 164 g/mol. The summed E-state index contributed by atoms with van der Waals surface area (Å²) in [6.45, 7) is 13.6. The van der Waals surface area contributed by atoms with Crippen molar-refractivity contribution in [2.75, 3.05) is 0 Å². The maximum Gasteiger partial charge on any atom is -0.0101 e. The molecule has 0 saturated heterocycles. The molecule has 0 saturated carbocycles. The van der Waals surface area contributed by atoms with Crippen molar-refractivity contribution in [1.82, 2.24) is 0 Å². The maximum absolute atomic E-state index is 2.34. The summed E-state index contributed by atoms with van der Waals surface area (Å²) in [6, 6.07) is 0. The van der Waals surface area contributed by atoms with Crippen molar-refractivity contribution in [1.29, 1.82) is 0 Å². The number of allylic oxidation sites excluding steroid dienone is 4. The number of hydrogen-bond donors (Lipinski definition) is 0. The minimum Gasteiger partial charge on any atom is -0.0729 e. The third kappa shape index (κ3) is 1.35. The van der Waals surface area contributed by atoms with Crippen molar-refractivity contribution >= 4 is 0 Å². The van der Waals surface area contributed by atoms with E-state index in [1.807, 2.05) is 0 Å². The lowest BCUT2D eigenvalue weighted by atomic mass is 9.86. The Labute approximate surface area is 76.4 Å². The summed E-state index contributed by atoms with van der Waals surface area (Å²) in [7, 11) is 0. The van der Waals surface area contributed by atoms with Gasteiger partial charge in [-0.05, 0) is 50.7 Å². The Balaban J connectivity index is 3.17. The summed E-state index contributed by atoms with van der Waals surface area (Å²) >= 11 is 0. The first-order valence-electron chi connectivity index (χ1n) is 4.71. The molecule has 0 aromatic rings. The minimum atomic E-state index is 0.399. The van der Waals surface area contributed by atoms with Crippen LogP contribution in [0.4, 0.5) is 0 Å². The van der Waals surface area contributed by atoms with E-state index in [2.05, 4.69) is 41.5 Å². The molecule has 0 aromatic heterocycles. The average Bonchev–Trinajstić information content (AvgIpc) is 2.14. The second-order valence-electron chi connectivity index (χ2n) is 4.79. The summed E-state index contributed by atoms with van der Waals surface area (Å²) < 4.78 is 0. The molecule has 1 aliphatic carbocycles. The summed E-state index contributed by atoms with van der Waals surface area (Å²) in [5.41, 5.74) is 6.56. The Kier molecular flexibility index (Phi) is 2.20. The van der Waals surface area contributed by atoms with Crippen molar-refractivity contribution in [2.45, 2.75) is 48.0 Å². The van der Waals surface area contributed by atoms with E-state index in [9.17, 15) is 0 Å². The maximum atomic E-state index is 2.34. The smallest absolute Gasteiger partial charge is 0.0101 e. The third-order valence-corrected chi connectivity index (χ3v) is 3.25. The topological polar surface area (TPSA) is 0 Å². The predicted octanol–water partition coefficient (Wildman–Crippen LogP) is 4.09. The molecule has 1 rings (SSSR count). The minimum absolute atomic E-state index is 0.399. The Morgan fingerprint density at radius 3 is 1.83 bits per heavy atom. The van der Waals surface area contributed by atoms with Crippen LogP contribution < -0.4 is 0 Å². The molecule has 1 aliphatic rings. The van der Waals surface area contributed by atoms with Crippen molar-refractivity contribution in [2.24, 2.45) is 5.41 Å². The lowest BCUT2D eigenvalue weighted by molar-refractivity contribution is 0.466. The van der Waals surface area contributed by atoms with Crippen LogP contribution in [-0.4, -0.2) is 0 Å². The molecule has 0 radical (unpaired) electrons. The fraction of sp³-hybridized carbons (Fsp3) is 0.667. The lowest BCUT2D eigenvalue weighted by Gasteiger charge is -2.19. The second-order valence-corrected chi connectivity index (χ2v) is 4.79. The zero-order chi connectivity index (χ0) is 9.52. The fourth-order valence-corrected chi connectivity index (χ4v) is 1.99. The Bertz CT molecular complexity index is 258. The van der Waals surface area contributed by atoms with Crippen LogP contribution in [0.15, 0.2) is 22.3 Å². The van der Waals surface area contributed by atoms with Gasteiger partial charge in [-0.25, -0.2) is 0 Å². The molecular weight excluding hydrogens is 144 g/mol. The van der Waals surface area contributed by atoms with Crippen molar-refractivity contribution in [3.63, 3.8) is 0 Å². The summed E-state index contributed by atoms with van der Waals surface area (Å²) in [6.07, 6.45) is 1.23. The van der Waals surface area contributed by atoms with Gasteiger partial charge in [-0.15, -0.1) is 0 Å². The van der Waals surface area contributed by atoms with E-state index in [4.69, 9.17) is 0 Å². The van der Waals surface area contributed by atoms with Crippen molar-refractivity contribution in [3.8, 4) is 0 Å². The summed E-state index contributed by atoms with van der Waals surface area (Å²) in [5.74, 6) is 0. The normalized spacial score (nSPS) is 22.0. The largest absolute Gasteiger partial charge is 0.0729 e. The molecule has 0 amide bonds. The van der Waals surface area contributed by atoms with E-state index < -0.39 is 0 Å². The molecular formula is C12H20. The van der Waals surface area contributed by atoms with Gasteiger partial charge in [-0.3, -0.25) is 0 Å². The molecule has 0 heterocycles. The number of rotatable bonds is 0. The molecule has 0 aliphatic heterocycles. The van der Waals surface area contributed by atoms with Crippen LogP contribution in [0.1, 0.15) is 48.0 Å². The van der Waals surface area contributed by atoms with E-state index in [1.165, 1.54) is 17.6 Å². The highest BCUT2D eigenvalue weighted by atomic mass is 14.4. The van der Waals surface area contributed by atoms with Gasteiger partial charge < -0.3 is 0 Å². The summed E-state index contributed by atoms with van der Waals surface area (Å²) in [4.78, 5) is 0. The molecule has 68 valence electrons. The Hall–Kier alpha value is -0.520. The van der Waals surface area contributed by atoms with Crippen LogP contribution in [0.5, 0.6) is 0 Å². The van der Waals surface area contributed by atoms with E-state index in [0.717, 1.165) is 0 Å². The van der Waals surface area contributed by atoms with Gasteiger partial charge in [0.1, 0.15) is 0 Å². The quantitative estimate of drug-likeness (QED) is 0.506. The SMILES string of the molecule is CC(C)=C1CC(C)(C)C(C)=C1C.